The number of ether oxygens (including phenoxy) is 1. The molecule has 0 bridgehead atoms. The first-order valence-electron chi connectivity index (χ1n) is 5.89. The number of amides is 2. The van der Waals surface area contributed by atoms with E-state index < -0.39 is 0 Å². The lowest BCUT2D eigenvalue weighted by Gasteiger charge is -2.11. The number of hydrogen-bond acceptors (Lipinski definition) is 3. The van der Waals surface area contributed by atoms with E-state index in [1.165, 1.54) is 6.92 Å². The lowest BCUT2D eigenvalue weighted by atomic mass is 10.3. The molecule has 5 heteroatoms. The molecule has 0 fully saturated rings. The van der Waals surface area contributed by atoms with Gasteiger partial charge in [0.2, 0.25) is 0 Å². The van der Waals surface area contributed by atoms with Gasteiger partial charge in [-0.15, -0.1) is 0 Å². The molecule has 0 aliphatic carbocycles. The van der Waals surface area contributed by atoms with Crippen LogP contribution in [-0.4, -0.2) is 25.0 Å². The Morgan fingerprint density at radius 2 is 2.00 bits per heavy atom. The standard InChI is InChI=1S/C13H18N2O3/c1-3-18-12-7-5-4-6-11(12)15-13(17)14-9-8-10(2)16/h4-7H,3,8-9H2,1-2H3,(H2,14,15,17). The van der Waals surface area contributed by atoms with Gasteiger partial charge in [-0.05, 0) is 26.0 Å². The molecule has 0 aliphatic heterocycles. The number of carbonyl (C=O) groups excluding carboxylic acids is 2. The van der Waals surface area contributed by atoms with Gasteiger partial charge in [0.05, 0.1) is 12.3 Å². The van der Waals surface area contributed by atoms with Crippen molar-refractivity contribution in [3.8, 4) is 5.75 Å². The van der Waals surface area contributed by atoms with Gasteiger partial charge in [-0.1, -0.05) is 12.1 Å². The second-order valence-electron chi connectivity index (χ2n) is 3.76. The molecule has 5 nitrogen and oxygen atoms in total. The number of rotatable bonds is 6. The van der Waals surface area contributed by atoms with Crippen molar-refractivity contribution in [3.63, 3.8) is 0 Å². The first-order valence-corrected chi connectivity index (χ1v) is 5.89. The van der Waals surface area contributed by atoms with Gasteiger partial charge in [-0.25, -0.2) is 4.79 Å². The van der Waals surface area contributed by atoms with Gasteiger partial charge in [0.1, 0.15) is 11.5 Å². The van der Waals surface area contributed by atoms with Gasteiger partial charge in [0, 0.05) is 13.0 Å². The molecule has 0 radical (unpaired) electrons. The van der Waals surface area contributed by atoms with Gasteiger partial charge < -0.3 is 15.4 Å². The van der Waals surface area contributed by atoms with Crippen LogP contribution in [0.5, 0.6) is 5.75 Å². The first kappa shape index (κ1) is 14.0. The van der Waals surface area contributed by atoms with E-state index in [-0.39, 0.29) is 11.8 Å². The second kappa shape index (κ2) is 7.32. The van der Waals surface area contributed by atoms with Crippen LogP contribution in [0.3, 0.4) is 0 Å². The Morgan fingerprint density at radius 1 is 1.28 bits per heavy atom. The van der Waals surface area contributed by atoms with Crippen LogP contribution in [0.2, 0.25) is 0 Å². The summed E-state index contributed by atoms with van der Waals surface area (Å²) in [6.07, 6.45) is 0.334. The number of Topliss-reactive ketones (excluding diaryl/α,β-unsaturated/α-hetero) is 1. The van der Waals surface area contributed by atoms with Crippen LogP contribution >= 0.6 is 0 Å². The number of urea groups is 1. The minimum atomic E-state index is -0.344. The molecule has 0 heterocycles. The van der Waals surface area contributed by atoms with Gasteiger partial charge in [-0.2, -0.15) is 0 Å². The van der Waals surface area contributed by atoms with Crippen molar-refractivity contribution in [2.75, 3.05) is 18.5 Å². The predicted octanol–water partition coefficient (Wildman–Crippen LogP) is 2.19. The molecule has 0 saturated heterocycles. The third kappa shape index (κ3) is 4.86. The van der Waals surface area contributed by atoms with Crippen molar-refractivity contribution >= 4 is 17.5 Å². The molecule has 1 rings (SSSR count). The zero-order valence-electron chi connectivity index (χ0n) is 10.7. The summed E-state index contributed by atoms with van der Waals surface area (Å²) >= 11 is 0. The van der Waals surface area contributed by atoms with E-state index in [0.29, 0.717) is 31.0 Å². The largest absolute Gasteiger partial charge is 0.492 e. The van der Waals surface area contributed by atoms with E-state index in [4.69, 9.17) is 4.74 Å². The van der Waals surface area contributed by atoms with Crippen molar-refractivity contribution in [1.29, 1.82) is 0 Å². The Balaban J connectivity index is 2.50. The summed E-state index contributed by atoms with van der Waals surface area (Å²) in [6, 6.07) is 6.85. The molecule has 1 aromatic rings. The zero-order valence-corrected chi connectivity index (χ0v) is 10.7. The molecule has 98 valence electrons. The molecule has 0 atom stereocenters. The highest BCUT2D eigenvalue weighted by atomic mass is 16.5. The fourth-order valence-corrected chi connectivity index (χ4v) is 1.37. The summed E-state index contributed by atoms with van der Waals surface area (Å²) in [6.45, 7) is 4.23. The lowest BCUT2D eigenvalue weighted by molar-refractivity contribution is -0.116. The van der Waals surface area contributed by atoms with E-state index in [1.807, 2.05) is 19.1 Å². The fourth-order valence-electron chi connectivity index (χ4n) is 1.37. The van der Waals surface area contributed by atoms with E-state index in [9.17, 15) is 9.59 Å². The summed E-state index contributed by atoms with van der Waals surface area (Å²) in [5, 5.41) is 5.29. The highest BCUT2D eigenvalue weighted by Crippen LogP contribution is 2.23. The summed E-state index contributed by atoms with van der Waals surface area (Å²) in [5.41, 5.74) is 0.611. The van der Waals surface area contributed by atoms with Gasteiger partial charge in [-0.3, -0.25) is 4.79 Å². The van der Waals surface area contributed by atoms with Crippen LogP contribution in [-0.2, 0) is 4.79 Å². The van der Waals surface area contributed by atoms with E-state index in [1.54, 1.807) is 12.1 Å². The predicted molar refractivity (Wildman–Crippen MR) is 69.9 cm³/mol. The van der Waals surface area contributed by atoms with Crippen LogP contribution in [0.15, 0.2) is 24.3 Å². The molecule has 0 saturated carbocycles. The second-order valence-corrected chi connectivity index (χ2v) is 3.76. The average molecular weight is 250 g/mol. The van der Waals surface area contributed by atoms with Gasteiger partial charge in [0.15, 0.2) is 0 Å². The molecule has 2 amide bonds. The molecule has 18 heavy (non-hydrogen) atoms. The summed E-state index contributed by atoms with van der Waals surface area (Å²) < 4.78 is 5.38. The number of benzene rings is 1. The normalized spacial score (nSPS) is 9.67. The molecule has 2 N–H and O–H groups in total. The highest BCUT2D eigenvalue weighted by Gasteiger charge is 2.06. The minimum absolute atomic E-state index is 0.0463. The Labute approximate surface area is 107 Å². The third-order valence-corrected chi connectivity index (χ3v) is 2.20. The van der Waals surface area contributed by atoms with Crippen molar-refractivity contribution in [3.05, 3.63) is 24.3 Å². The van der Waals surface area contributed by atoms with Gasteiger partial charge in [0.25, 0.3) is 0 Å². The van der Waals surface area contributed by atoms with Gasteiger partial charge >= 0.3 is 6.03 Å². The number of hydrogen-bond donors (Lipinski definition) is 2. The van der Waals surface area contributed by atoms with E-state index in [0.717, 1.165) is 0 Å². The van der Waals surface area contributed by atoms with E-state index >= 15 is 0 Å². The maximum absolute atomic E-state index is 11.6. The summed E-state index contributed by atoms with van der Waals surface area (Å²) in [5.74, 6) is 0.673. The lowest BCUT2D eigenvalue weighted by Crippen LogP contribution is -2.30. The van der Waals surface area contributed by atoms with E-state index in [2.05, 4.69) is 10.6 Å². The monoisotopic (exact) mass is 250 g/mol. The fraction of sp³-hybridized carbons (Fsp3) is 0.385. The molecular weight excluding hydrogens is 232 g/mol. The van der Waals surface area contributed by atoms with Crippen LogP contribution in [0.25, 0.3) is 0 Å². The molecule has 0 spiro atoms. The quantitative estimate of drug-likeness (QED) is 0.813. The number of anilines is 1. The maximum Gasteiger partial charge on any atom is 0.319 e. The van der Waals surface area contributed by atoms with Crippen molar-refractivity contribution < 1.29 is 14.3 Å². The Bertz CT molecular complexity index is 418. The summed E-state index contributed by atoms with van der Waals surface area (Å²) in [7, 11) is 0. The molecular formula is C13H18N2O3. The third-order valence-electron chi connectivity index (χ3n) is 2.20. The number of nitrogens with one attached hydrogen (secondary N) is 2. The number of ketones is 1. The van der Waals surface area contributed by atoms with Crippen LogP contribution in [0, 0.1) is 0 Å². The highest BCUT2D eigenvalue weighted by molar-refractivity contribution is 5.91. The topological polar surface area (TPSA) is 67.4 Å². The average Bonchev–Trinajstić information content (AvgIpc) is 2.31. The summed E-state index contributed by atoms with van der Waals surface area (Å²) in [4.78, 5) is 22.3. The zero-order chi connectivity index (χ0) is 13.4. The smallest absolute Gasteiger partial charge is 0.319 e. The molecule has 0 aromatic heterocycles. The SMILES string of the molecule is CCOc1ccccc1NC(=O)NCCC(C)=O. The Morgan fingerprint density at radius 3 is 2.67 bits per heavy atom. The molecule has 1 aromatic carbocycles. The van der Waals surface area contributed by atoms with Crippen molar-refractivity contribution in [2.24, 2.45) is 0 Å². The molecule has 0 aliphatic rings. The maximum atomic E-state index is 11.6. The Hall–Kier alpha value is -2.04. The number of carbonyl (C=O) groups is 2. The minimum Gasteiger partial charge on any atom is -0.492 e. The number of para-hydroxylation sites is 2. The Kier molecular flexibility index (Phi) is 5.70. The van der Waals surface area contributed by atoms with Crippen LogP contribution in [0.4, 0.5) is 10.5 Å². The van der Waals surface area contributed by atoms with Crippen molar-refractivity contribution in [1.82, 2.24) is 5.32 Å². The van der Waals surface area contributed by atoms with Crippen LogP contribution < -0.4 is 15.4 Å². The van der Waals surface area contributed by atoms with Crippen LogP contribution in [0.1, 0.15) is 20.3 Å². The first-order chi connectivity index (χ1) is 8.63. The molecule has 0 unspecified atom stereocenters. The van der Waals surface area contributed by atoms with Crippen molar-refractivity contribution in [2.45, 2.75) is 20.3 Å².